The van der Waals surface area contributed by atoms with Gasteiger partial charge in [-0.15, -0.1) is 11.8 Å². The minimum absolute atomic E-state index is 0.0885. The van der Waals surface area contributed by atoms with E-state index in [1.54, 1.807) is 6.92 Å². The van der Waals surface area contributed by atoms with Crippen LogP contribution in [0.15, 0.2) is 48.5 Å². The van der Waals surface area contributed by atoms with Gasteiger partial charge >= 0.3 is 12.1 Å². The molecule has 182 valence electrons. The molecule has 7 nitrogen and oxygen atoms in total. The van der Waals surface area contributed by atoms with Crippen LogP contribution in [0.25, 0.3) is 11.1 Å². The van der Waals surface area contributed by atoms with Crippen molar-refractivity contribution in [3.05, 3.63) is 59.7 Å². The second-order valence-corrected chi connectivity index (χ2v) is 9.00. The maximum atomic E-state index is 13.0. The van der Waals surface area contributed by atoms with Crippen LogP contribution in [0.5, 0.6) is 0 Å². The fourth-order valence-corrected chi connectivity index (χ4v) is 5.08. The summed E-state index contributed by atoms with van der Waals surface area (Å²) in [6.07, 6.45) is 2.21. The number of hydrogen-bond donors (Lipinski definition) is 3. The van der Waals surface area contributed by atoms with Crippen molar-refractivity contribution in [2.75, 3.05) is 6.61 Å². The average molecular weight is 475 g/mol. The molecule has 3 atom stereocenters. The van der Waals surface area contributed by atoms with E-state index in [-0.39, 0.29) is 18.9 Å². The molecule has 35 heavy (non-hydrogen) atoms. The van der Waals surface area contributed by atoms with Gasteiger partial charge in [-0.25, -0.2) is 4.79 Å². The van der Waals surface area contributed by atoms with Crippen molar-refractivity contribution in [2.45, 2.75) is 57.0 Å². The van der Waals surface area contributed by atoms with Gasteiger partial charge in [0.05, 0.1) is 5.92 Å². The Hall–Kier alpha value is -3.79. The third kappa shape index (κ3) is 5.48. The van der Waals surface area contributed by atoms with Crippen molar-refractivity contribution in [1.82, 2.24) is 10.6 Å². The Balaban J connectivity index is 1.40. The van der Waals surface area contributed by atoms with Crippen molar-refractivity contribution in [2.24, 2.45) is 5.92 Å². The fourth-order valence-electron chi connectivity index (χ4n) is 5.08. The number of nitrogens with one attached hydrogen (secondary N) is 2. The van der Waals surface area contributed by atoms with E-state index in [0.29, 0.717) is 12.8 Å². The van der Waals surface area contributed by atoms with Crippen LogP contribution in [0.1, 0.15) is 56.1 Å². The molecule has 2 aromatic carbocycles. The molecule has 0 heterocycles. The summed E-state index contributed by atoms with van der Waals surface area (Å²) in [4.78, 5) is 37.3. The van der Waals surface area contributed by atoms with Crippen molar-refractivity contribution in [3.8, 4) is 23.0 Å². The number of ether oxygens (including phenoxy) is 1. The lowest BCUT2D eigenvalue weighted by Gasteiger charge is -2.30. The third-order valence-corrected chi connectivity index (χ3v) is 6.85. The summed E-state index contributed by atoms with van der Waals surface area (Å²) < 4.78 is 5.58. The number of carbonyl (C=O) groups excluding carboxylic acids is 2. The Labute approximate surface area is 205 Å². The molecule has 3 N–H and O–H groups in total. The Morgan fingerprint density at radius 2 is 1.66 bits per heavy atom. The van der Waals surface area contributed by atoms with Gasteiger partial charge in [0.25, 0.3) is 0 Å². The molecule has 2 aromatic rings. The monoisotopic (exact) mass is 474 g/mol. The molecule has 0 aromatic heterocycles. The van der Waals surface area contributed by atoms with Crippen LogP contribution in [0.2, 0.25) is 0 Å². The Kier molecular flexibility index (Phi) is 7.71. The first-order chi connectivity index (χ1) is 17.0. The van der Waals surface area contributed by atoms with Crippen molar-refractivity contribution in [1.29, 1.82) is 0 Å². The fraction of sp³-hybridized carbons (Fsp3) is 0.393. The van der Waals surface area contributed by atoms with Crippen LogP contribution in [0.4, 0.5) is 4.79 Å². The minimum atomic E-state index is -0.936. The summed E-state index contributed by atoms with van der Waals surface area (Å²) in [5.41, 5.74) is 4.47. The quantitative estimate of drug-likeness (QED) is 0.525. The van der Waals surface area contributed by atoms with E-state index in [2.05, 4.69) is 34.6 Å². The van der Waals surface area contributed by atoms with Gasteiger partial charge < -0.3 is 20.5 Å². The number of amides is 2. The largest absolute Gasteiger partial charge is 0.481 e. The minimum Gasteiger partial charge on any atom is -0.481 e. The maximum Gasteiger partial charge on any atom is 0.407 e. The first-order valence-electron chi connectivity index (χ1n) is 12.0. The van der Waals surface area contributed by atoms with Crippen molar-refractivity contribution >= 4 is 18.0 Å². The van der Waals surface area contributed by atoms with Gasteiger partial charge in [-0.3, -0.25) is 9.59 Å². The maximum absolute atomic E-state index is 13.0. The molecule has 0 radical (unpaired) electrons. The van der Waals surface area contributed by atoms with Gasteiger partial charge in [0.2, 0.25) is 5.91 Å². The van der Waals surface area contributed by atoms with Crippen LogP contribution in [0, 0.1) is 17.8 Å². The number of aliphatic carboxylic acids is 1. The average Bonchev–Trinajstić information content (AvgIpc) is 3.19. The Morgan fingerprint density at radius 1 is 1.03 bits per heavy atom. The number of carboxylic acid groups (broad SMARTS) is 1. The predicted molar refractivity (Wildman–Crippen MR) is 132 cm³/mol. The van der Waals surface area contributed by atoms with Gasteiger partial charge in [0.15, 0.2) is 0 Å². The molecule has 4 rings (SSSR count). The Bertz CT molecular complexity index is 1120. The van der Waals surface area contributed by atoms with E-state index >= 15 is 0 Å². The standard InChI is InChI=1S/C28H30N2O5/c1-2-3-15-25(26(31)29-24-16-9-8-14-22(24)27(32)33)30-28(34)35-17-23-20-12-6-4-10-18(20)19-11-5-7-13-21(19)23/h4-7,10-13,22-25H,8-9,14-17H2,1H3,(H,29,31)(H,30,34)(H,32,33)/t22-,24+,25?/m1/s1. The zero-order valence-corrected chi connectivity index (χ0v) is 19.8. The van der Waals surface area contributed by atoms with Gasteiger partial charge in [-0.2, -0.15) is 0 Å². The SMILES string of the molecule is CC#CCC(NC(=O)OCC1c2ccccc2-c2ccccc21)C(=O)N[C@H]1CCCC[C@H]1C(=O)O. The highest BCUT2D eigenvalue weighted by Gasteiger charge is 2.34. The molecule has 0 saturated heterocycles. The lowest BCUT2D eigenvalue weighted by molar-refractivity contribution is -0.144. The van der Waals surface area contributed by atoms with E-state index in [4.69, 9.17) is 4.74 Å². The highest BCUT2D eigenvalue weighted by atomic mass is 16.5. The molecule has 2 amide bonds. The number of carbonyl (C=O) groups is 3. The molecule has 2 aliphatic rings. The normalized spacial score (nSPS) is 19.3. The number of hydrogen-bond acceptors (Lipinski definition) is 4. The van der Waals surface area contributed by atoms with Crippen molar-refractivity contribution in [3.63, 3.8) is 0 Å². The van der Waals surface area contributed by atoms with Gasteiger partial charge in [0, 0.05) is 18.4 Å². The number of rotatable bonds is 7. The third-order valence-electron chi connectivity index (χ3n) is 6.85. The summed E-state index contributed by atoms with van der Waals surface area (Å²) >= 11 is 0. The van der Waals surface area contributed by atoms with E-state index < -0.39 is 36.0 Å². The molecule has 1 unspecified atom stereocenters. The molecule has 7 heteroatoms. The topological polar surface area (TPSA) is 105 Å². The molecular weight excluding hydrogens is 444 g/mol. The molecule has 1 saturated carbocycles. The second-order valence-electron chi connectivity index (χ2n) is 9.00. The smallest absolute Gasteiger partial charge is 0.407 e. The summed E-state index contributed by atoms with van der Waals surface area (Å²) in [5.74, 6) is 3.50. The van der Waals surface area contributed by atoms with Gasteiger partial charge in [-0.1, -0.05) is 61.4 Å². The number of carboxylic acids is 1. The molecular formula is C28H30N2O5. The van der Waals surface area contributed by atoms with Crippen LogP contribution in [-0.2, 0) is 14.3 Å². The van der Waals surface area contributed by atoms with Crippen LogP contribution >= 0.6 is 0 Å². The van der Waals surface area contributed by atoms with E-state index in [9.17, 15) is 19.5 Å². The first kappa shape index (κ1) is 24.3. The first-order valence-corrected chi connectivity index (χ1v) is 12.0. The molecule has 0 aliphatic heterocycles. The van der Waals surface area contributed by atoms with Crippen LogP contribution in [0.3, 0.4) is 0 Å². The highest BCUT2D eigenvalue weighted by Crippen LogP contribution is 2.44. The van der Waals surface area contributed by atoms with Crippen LogP contribution in [-0.4, -0.2) is 41.8 Å². The summed E-state index contributed by atoms with van der Waals surface area (Å²) in [6.45, 7) is 1.79. The summed E-state index contributed by atoms with van der Waals surface area (Å²) in [6, 6.07) is 14.7. The summed E-state index contributed by atoms with van der Waals surface area (Å²) in [7, 11) is 0. The second kappa shape index (κ2) is 11.1. The van der Waals surface area contributed by atoms with Gasteiger partial charge in [0.1, 0.15) is 12.6 Å². The molecule has 0 bridgehead atoms. The van der Waals surface area contributed by atoms with Gasteiger partial charge in [-0.05, 0) is 42.0 Å². The Morgan fingerprint density at radius 3 is 2.29 bits per heavy atom. The van der Waals surface area contributed by atoms with Crippen LogP contribution < -0.4 is 10.6 Å². The highest BCUT2D eigenvalue weighted by molar-refractivity contribution is 5.87. The molecule has 1 fully saturated rings. The number of benzene rings is 2. The molecule has 0 spiro atoms. The zero-order chi connectivity index (χ0) is 24.8. The zero-order valence-electron chi connectivity index (χ0n) is 19.8. The summed E-state index contributed by atoms with van der Waals surface area (Å²) in [5, 5.41) is 15.0. The van der Waals surface area contributed by atoms with E-state index in [0.717, 1.165) is 35.1 Å². The molecule has 2 aliphatic carbocycles. The van der Waals surface area contributed by atoms with E-state index in [1.165, 1.54) is 0 Å². The predicted octanol–water partition coefficient (Wildman–Crippen LogP) is 4.07. The lowest BCUT2D eigenvalue weighted by Crippen LogP contribution is -2.53. The van der Waals surface area contributed by atoms with E-state index in [1.807, 2.05) is 36.4 Å². The number of alkyl carbamates (subject to hydrolysis) is 1. The lowest BCUT2D eigenvalue weighted by atomic mass is 9.84. The number of fused-ring (bicyclic) bond motifs is 3. The van der Waals surface area contributed by atoms with Crippen molar-refractivity contribution < 1.29 is 24.2 Å².